The molecular weight excluding hydrogens is 340 g/mol. The molecule has 5 heteroatoms. The van der Waals surface area contributed by atoms with Crippen LogP contribution in [0.2, 0.25) is 0 Å². The first-order valence-electron chi connectivity index (χ1n) is 10.3. The summed E-state index contributed by atoms with van der Waals surface area (Å²) < 4.78 is 11.5. The summed E-state index contributed by atoms with van der Waals surface area (Å²) >= 11 is 0. The van der Waals surface area contributed by atoms with Gasteiger partial charge >= 0.3 is 6.09 Å². The second-order valence-electron chi connectivity index (χ2n) is 8.88. The normalized spacial score (nSPS) is 18.9. The molecule has 0 spiro atoms. The van der Waals surface area contributed by atoms with Crippen molar-refractivity contribution in [1.29, 1.82) is 0 Å². The van der Waals surface area contributed by atoms with E-state index in [0.717, 1.165) is 38.2 Å². The summed E-state index contributed by atoms with van der Waals surface area (Å²) in [6, 6.07) is 9.09. The average molecular weight is 375 g/mol. The van der Waals surface area contributed by atoms with Crippen molar-refractivity contribution < 1.29 is 14.3 Å². The zero-order chi connectivity index (χ0) is 19.3. The first kappa shape index (κ1) is 20.0. The van der Waals surface area contributed by atoms with Crippen molar-refractivity contribution in [2.75, 3.05) is 19.7 Å². The molecular formula is C22H34N2O3. The van der Waals surface area contributed by atoms with Crippen LogP contribution in [0.1, 0.15) is 58.4 Å². The summed E-state index contributed by atoms with van der Waals surface area (Å²) in [4.78, 5) is 14.0. The molecule has 0 atom stereocenters. The van der Waals surface area contributed by atoms with E-state index in [1.807, 2.05) is 31.7 Å². The highest BCUT2D eigenvalue weighted by molar-refractivity contribution is 5.68. The van der Waals surface area contributed by atoms with E-state index in [1.165, 1.54) is 24.8 Å². The summed E-state index contributed by atoms with van der Waals surface area (Å²) in [6.45, 7) is 8.82. The van der Waals surface area contributed by atoms with E-state index in [9.17, 15) is 4.79 Å². The van der Waals surface area contributed by atoms with Gasteiger partial charge in [-0.25, -0.2) is 4.79 Å². The molecule has 0 radical (unpaired) electrons. The zero-order valence-electron chi connectivity index (χ0n) is 17.0. The quantitative estimate of drug-likeness (QED) is 0.804. The van der Waals surface area contributed by atoms with Crippen molar-refractivity contribution in [3.63, 3.8) is 0 Å². The van der Waals surface area contributed by atoms with Gasteiger partial charge in [0.2, 0.25) is 0 Å². The van der Waals surface area contributed by atoms with E-state index in [2.05, 4.69) is 23.5 Å². The third-order valence-electron chi connectivity index (χ3n) is 5.35. The Bertz CT molecular complexity index is 614. The van der Waals surface area contributed by atoms with Crippen molar-refractivity contribution in [2.45, 2.75) is 71.1 Å². The monoisotopic (exact) mass is 374 g/mol. The number of piperidine rings is 1. The number of ether oxygens (including phenoxy) is 2. The second kappa shape index (κ2) is 8.96. The maximum absolute atomic E-state index is 12.1. The van der Waals surface area contributed by atoms with Gasteiger partial charge in [-0.2, -0.15) is 0 Å². The Morgan fingerprint density at radius 3 is 2.56 bits per heavy atom. The van der Waals surface area contributed by atoms with E-state index in [1.54, 1.807) is 0 Å². The van der Waals surface area contributed by atoms with Gasteiger partial charge in [-0.3, -0.25) is 0 Å². The fourth-order valence-electron chi connectivity index (χ4n) is 3.44. The highest BCUT2D eigenvalue weighted by Gasteiger charge is 2.27. The number of benzene rings is 1. The number of carbonyl (C=O) groups excluding carboxylic acids is 1. The molecule has 3 rings (SSSR count). The van der Waals surface area contributed by atoms with Gasteiger partial charge < -0.3 is 19.7 Å². The fourth-order valence-corrected chi connectivity index (χ4v) is 3.44. The Hall–Kier alpha value is -1.75. The van der Waals surface area contributed by atoms with E-state index < -0.39 is 5.60 Å². The van der Waals surface area contributed by atoms with Crippen LogP contribution in [0.15, 0.2) is 24.3 Å². The molecule has 1 aromatic carbocycles. The molecule has 1 N–H and O–H groups in total. The van der Waals surface area contributed by atoms with E-state index >= 15 is 0 Å². The van der Waals surface area contributed by atoms with Crippen molar-refractivity contribution in [3.05, 3.63) is 29.8 Å². The van der Waals surface area contributed by atoms with Crippen molar-refractivity contribution in [1.82, 2.24) is 10.2 Å². The van der Waals surface area contributed by atoms with E-state index in [-0.39, 0.29) is 6.09 Å². The Kier molecular flexibility index (Phi) is 6.64. The summed E-state index contributed by atoms with van der Waals surface area (Å²) in [5, 5.41) is 3.59. The largest absolute Gasteiger partial charge is 0.493 e. The first-order chi connectivity index (χ1) is 12.9. The van der Waals surface area contributed by atoms with Gasteiger partial charge in [-0.1, -0.05) is 18.6 Å². The predicted molar refractivity (Wildman–Crippen MR) is 107 cm³/mol. The molecule has 1 aliphatic carbocycles. The molecule has 0 bridgehead atoms. The number of rotatable bonds is 6. The lowest BCUT2D eigenvalue weighted by Crippen LogP contribution is -2.42. The molecule has 2 aliphatic rings. The smallest absolute Gasteiger partial charge is 0.410 e. The number of amides is 1. The summed E-state index contributed by atoms with van der Waals surface area (Å²) in [5.74, 6) is 1.43. The molecule has 5 nitrogen and oxygen atoms in total. The predicted octanol–water partition coefficient (Wildman–Crippen LogP) is 4.35. The molecule has 1 aliphatic heterocycles. The summed E-state index contributed by atoms with van der Waals surface area (Å²) in [6.07, 6.45) is 5.68. The third kappa shape index (κ3) is 6.42. The van der Waals surface area contributed by atoms with Crippen LogP contribution in [0.5, 0.6) is 5.75 Å². The molecule has 0 aromatic heterocycles. The Balaban J connectivity index is 1.39. The zero-order valence-corrected chi connectivity index (χ0v) is 17.0. The maximum atomic E-state index is 12.1. The molecule has 1 amide bonds. The molecule has 1 heterocycles. The minimum atomic E-state index is -0.435. The van der Waals surface area contributed by atoms with Crippen LogP contribution in [0.3, 0.4) is 0 Å². The number of likely N-dealkylation sites (tertiary alicyclic amines) is 1. The SMILES string of the molecule is CC(C)(C)OC(=O)N1CCC(COc2cccc(CNC3CCC3)c2)CC1. The van der Waals surface area contributed by atoms with Gasteiger partial charge in [-0.15, -0.1) is 0 Å². The molecule has 1 aromatic rings. The highest BCUT2D eigenvalue weighted by Crippen LogP contribution is 2.22. The van der Waals surface area contributed by atoms with Gasteiger partial charge in [0.1, 0.15) is 11.4 Å². The van der Waals surface area contributed by atoms with E-state index in [4.69, 9.17) is 9.47 Å². The molecule has 1 saturated carbocycles. The van der Waals surface area contributed by atoms with Crippen molar-refractivity contribution >= 4 is 6.09 Å². The van der Waals surface area contributed by atoms with Crippen LogP contribution in [0.25, 0.3) is 0 Å². The lowest BCUT2D eigenvalue weighted by atomic mass is 9.93. The standard InChI is InChI=1S/C22H34N2O3/c1-22(2,3)27-21(25)24-12-10-17(11-13-24)16-26-20-9-4-6-18(14-20)15-23-19-7-5-8-19/h4,6,9,14,17,19,23H,5,7-8,10-13,15-16H2,1-3H3. The second-order valence-corrected chi connectivity index (χ2v) is 8.88. The summed E-state index contributed by atoms with van der Waals surface area (Å²) in [5.41, 5.74) is 0.842. The van der Waals surface area contributed by atoms with Crippen LogP contribution < -0.4 is 10.1 Å². The minimum absolute atomic E-state index is 0.200. The number of hydrogen-bond donors (Lipinski definition) is 1. The maximum Gasteiger partial charge on any atom is 0.410 e. The topological polar surface area (TPSA) is 50.8 Å². The van der Waals surface area contributed by atoms with Gasteiger partial charge in [0.15, 0.2) is 0 Å². The van der Waals surface area contributed by atoms with Crippen LogP contribution in [-0.4, -0.2) is 42.3 Å². The Morgan fingerprint density at radius 2 is 1.93 bits per heavy atom. The van der Waals surface area contributed by atoms with Crippen LogP contribution in [-0.2, 0) is 11.3 Å². The molecule has 1 saturated heterocycles. The Morgan fingerprint density at radius 1 is 1.19 bits per heavy atom. The average Bonchev–Trinajstić information content (AvgIpc) is 2.58. The lowest BCUT2D eigenvalue weighted by molar-refractivity contribution is 0.0165. The van der Waals surface area contributed by atoms with Gasteiger partial charge in [0, 0.05) is 25.7 Å². The van der Waals surface area contributed by atoms with Gasteiger partial charge in [-0.05, 0) is 70.1 Å². The number of carbonyl (C=O) groups is 1. The molecule has 27 heavy (non-hydrogen) atoms. The third-order valence-corrected chi connectivity index (χ3v) is 5.35. The number of hydrogen-bond acceptors (Lipinski definition) is 4. The van der Waals surface area contributed by atoms with Gasteiger partial charge in [0.05, 0.1) is 6.61 Å². The summed E-state index contributed by atoms with van der Waals surface area (Å²) in [7, 11) is 0. The lowest BCUT2D eigenvalue weighted by Gasteiger charge is -2.33. The first-order valence-corrected chi connectivity index (χ1v) is 10.3. The Labute approximate surface area is 163 Å². The minimum Gasteiger partial charge on any atom is -0.493 e. The fraction of sp³-hybridized carbons (Fsp3) is 0.682. The molecule has 150 valence electrons. The van der Waals surface area contributed by atoms with Crippen LogP contribution in [0.4, 0.5) is 4.79 Å². The van der Waals surface area contributed by atoms with Crippen LogP contribution >= 0.6 is 0 Å². The number of nitrogens with zero attached hydrogens (tertiary/aromatic N) is 1. The molecule has 2 fully saturated rings. The number of nitrogens with one attached hydrogen (secondary N) is 1. The van der Waals surface area contributed by atoms with Gasteiger partial charge in [0.25, 0.3) is 0 Å². The highest BCUT2D eigenvalue weighted by atomic mass is 16.6. The molecule has 0 unspecified atom stereocenters. The van der Waals surface area contributed by atoms with Crippen LogP contribution in [0, 0.1) is 5.92 Å². The van der Waals surface area contributed by atoms with Crippen molar-refractivity contribution in [3.8, 4) is 5.75 Å². The van der Waals surface area contributed by atoms with Crippen molar-refractivity contribution in [2.24, 2.45) is 5.92 Å². The van der Waals surface area contributed by atoms with E-state index in [0.29, 0.717) is 18.6 Å².